The molecule has 3 aromatic carbocycles. The summed E-state index contributed by atoms with van der Waals surface area (Å²) in [5.74, 6) is 0.186. The first-order valence-electron chi connectivity index (χ1n) is 11.4. The Morgan fingerprint density at radius 3 is 2.42 bits per heavy atom. The number of hydrogen-bond acceptors (Lipinski definition) is 7. The first-order valence-corrected chi connectivity index (χ1v) is 12.4. The quantitative estimate of drug-likeness (QED) is 0.320. The van der Waals surface area contributed by atoms with Crippen molar-refractivity contribution in [2.75, 3.05) is 5.75 Å². The molecule has 0 saturated carbocycles. The summed E-state index contributed by atoms with van der Waals surface area (Å²) in [7, 11) is 0. The lowest BCUT2D eigenvalue weighted by molar-refractivity contribution is -0.118. The van der Waals surface area contributed by atoms with Crippen LogP contribution in [0, 0.1) is 6.92 Å². The molecule has 2 aromatic heterocycles. The number of carbonyl (C=O) groups is 1. The van der Waals surface area contributed by atoms with Crippen LogP contribution in [0.15, 0.2) is 93.3 Å². The first-order chi connectivity index (χ1) is 17.6. The summed E-state index contributed by atoms with van der Waals surface area (Å²) in [5, 5.41) is 17.1. The molecule has 36 heavy (non-hydrogen) atoms. The molecule has 0 aliphatic rings. The number of nitrogens with zero attached hydrogens (tertiary/aromatic N) is 4. The standard InChI is InChI=1S/C27H23N5O3S/c1-18-11-13-19(14-12-18)15-28-23(33)17-36-27-30-29-25(35-27)24-21-9-5-6-10-22(21)26(34)32(31-24)16-20-7-3-2-4-8-20/h2-14H,15-17H2,1H3,(H,28,33). The summed E-state index contributed by atoms with van der Waals surface area (Å²) in [6.07, 6.45) is 0. The van der Waals surface area contributed by atoms with Crippen LogP contribution in [0.1, 0.15) is 16.7 Å². The highest BCUT2D eigenvalue weighted by Crippen LogP contribution is 2.26. The van der Waals surface area contributed by atoms with Gasteiger partial charge in [-0.15, -0.1) is 10.2 Å². The van der Waals surface area contributed by atoms with Gasteiger partial charge in [-0.3, -0.25) is 9.59 Å². The Kier molecular flexibility index (Phi) is 6.90. The van der Waals surface area contributed by atoms with Gasteiger partial charge in [-0.2, -0.15) is 5.10 Å². The second-order valence-corrected chi connectivity index (χ2v) is 9.19. The van der Waals surface area contributed by atoms with Gasteiger partial charge in [-0.1, -0.05) is 90.1 Å². The summed E-state index contributed by atoms with van der Waals surface area (Å²) >= 11 is 1.15. The highest BCUT2D eigenvalue weighted by Gasteiger charge is 2.18. The number of rotatable bonds is 8. The van der Waals surface area contributed by atoms with Gasteiger partial charge in [-0.25, -0.2) is 4.68 Å². The van der Waals surface area contributed by atoms with Crippen molar-refractivity contribution in [3.05, 3.63) is 106 Å². The molecule has 5 aromatic rings. The smallest absolute Gasteiger partial charge is 0.277 e. The average molecular weight is 498 g/mol. The fraction of sp³-hybridized carbons (Fsp3) is 0.148. The molecule has 0 bridgehead atoms. The molecule has 2 heterocycles. The zero-order valence-corrected chi connectivity index (χ0v) is 20.4. The monoisotopic (exact) mass is 497 g/mol. The van der Waals surface area contributed by atoms with Gasteiger partial charge in [0.2, 0.25) is 5.91 Å². The van der Waals surface area contributed by atoms with E-state index in [1.54, 1.807) is 6.07 Å². The predicted octanol–water partition coefficient (Wildman–Crippen LogP) is 4.21. The lowest BCUT2D eigenvalue weighted by Gasteiger charge is -2.09. The largest absolute Gasteiger partial charge is 0.409 e. The Morgan fingerprint density at radius 1 is 0.917 bits per heavy atom. The minimum atomic E-state index is -0.197. The Hall–Kier alpha value is -4.24. The SMILES string of the molecule is Cc1ccc(CNC(=O)CSc2nnc(-c3nn(Cc4ccccc4)c(=O)c4ccccc34)o2)cc1. The molecule has 0 saturated heterocycles. The third kappa shape index (κ3) is 5.36. The number of aromatic nitrogens is 4. The van der Waals surface area contributed by atoms with E-state index in [1.807, 2.05) is 79.7 Å². The van der Waals surface area contributed by atoms with E-state index in [0.717, 1.165) is 22.9 Å². The second kappa shape index (κ2) is 10.6. The third-order valence-corrected chi connectivity index (χ3v) is 6.41. The molecular formula is C27H23N5O3S. The van der Waals surface area contributed by atoms with Gasteiger partial charge in [0.1, 0.15) is 0 Å². The van der Waals surface area contributed by atoms with Crippen LogP contribution in [0.4, 0.5) is 0 Å². The summed E-state index contributed by atoms with van der Waals surface area (Å²) in [5.41, 5.74) is 3.38. The second-order valence-electron chi connectivity index (χ2n) is 8.27. The normalized spacial score (nSPS) is 11.0. The number of aryl methyl sites for hydroxylation is 1. The number of thioether (sulfide) groups is 1. The third-order valence-electron chi connectivity index (χ3n) is 5.59. The molecule has 0 aliphatic heterocycles. The summed E-state index contributed by atoms with van der Waals surface area (Å²) in [4.78, 5) is 25.4. The van der Waals surface area contributed by atoms with E-state index in [1.165, 1.54) is 10.2 Å². The number of nitrogens with one attached hydrogen (secondary N) is 1. The van der Waals surface area contributed by atoms with Crippen LogP contribution >= 0.6 is 11.8 Å². The topological polar surface area (TPSA) is 103 Å². The maximum absolute atomic E-state index is 13.1. The van der Waals surface area contributed by atoms with Crippen LogP contribution < -0.4 is 10.9 Å². The number of benzene rings is 3. The van der Waals surface area contributed by atoms with Crippen molar-refractivity contribution in [3.8, 4) is 11.6 Å². The van der Waals surface area contributed by atoms with Crippen molar-refractivity contribution >= 4 is 28.4 Å². The Bertz CT molecular complexity index is 1560. The molecule has 1 amide bonds. The number of fused-ring (bicyclic) bond motifs is 1. The Balaban J connectivity index is 1.33. The van der Waals surface area contributed by atoms with Crippen LogP contribution in [-0.2, 0) is 17.9 Å². The van der Waals surface area contributed by atoms with Crippen LogP contribution in [-0.4, -0.2) is 31.6 Å². The van der Waals surface area contributed by atoms with Crippen LogP contribution in [0.2, 0.25) is 0 Å². The van der Waals surface area contributed by atoms with Gasteiger partial charge < -0.3 is 9.73 Å². The number of carbonyl (C=O) groups excluding carboxylic acids is 1. The molecule has 0 aliphatic carbocycles. The molecule has 5 rings (SSSR count). The maximum atomic E-state index is 13.1. The van der Waals surface area contributed by atoms with Gasteiger partial charge in [0, 0.05) is 11.9 Å². The molecule has 9 heteroatoms. The molecule has 0 radical (unpaired) electrons. The van der Waals surface area contributed by atoms with Crippen molar-refractivity contribution in [2.24, 2.45) is 0 Å². The number of amides is 1. The lowest BCUT2D eigenvalue weighted by atomic mass is 10.1. The Labute approximate surface area is 211 Å². The Morgan fingerprint density at radius 2 is 1.64 bits per heavy atom. The summed E-state index contributed by atoms with van der Waals surface area (Å²) < 4.78 is 7.24. The zero-order chi connectivity index (χ0) is 24.9. The van der Waals surface area contributed by atoms with E-state index in [2.05, 4.69) is 20.6 Å². The minimum absolute atomic E-state index is 0.134. The molecule has 0 atom stereocenters. The maximum Gasteiger partial charge on any atom is 0.277 e. The fourth-order valence-electron chi connectivity index (χ4n) is 3.71. The van der Waals surface area contributed by atoms with E-state index >= 15 is 0 Å². The van der Waals surface area contributed by atoms with Crippen molar-refractivity contribution < 1.29 is 9.21 Å². The van der Waals surface area contributed by atoms with Crippen LogP contribution in [0.25, 0.3) is 22.4 Å². The van der Waals surface area contributed by atoms with Gasteiger partial charge in [-0.05, 0) is 24.1 Å². The van der Waals surface area contributed by atoms with E-state index in [-0.39, 0.29) is 28.3 Å². The molecule has 8 nitrogen and oxygen atoms in total. The van der Waals surface area contributed by atoms with Crippen molar-refractivity contribution in [3.63, 3.8) is 0 Å². The van der Waals surface area contributed by atoms with Gasteiger partial charge in [0.25, 0.3) is 16.7 Å². The molecule has 0 fully saturated rings. The van der Waals surface area contributed by atoms with Crippen molar-refractivity contribution in [1.82, 2.24) is 25.3 Å². The fourth-order valence-corrected chi connectivity index (χ4v) is 4.30. The summed E-state index contributed by atoms with van der Waals surface area (Å²) in [6, 6.07) is 24.8. The van der Waals surface area contributed by atoms with E-state index in [4.69, 9.17) is 4.42 Å². The highest BCUT2D eigenvalue weighted by atomic mass is 32.2. The molecule has 0 unspecified atom stereocenters. The number of hydrogen-bond donors (Lipinski definition) is 1. The first kappa shape index (κ1) is 23.5. The van der Waals surface area contributed by atoms with Gasteiger partial charge in [0.05, 0.1) is 17.7 Å². The molecule has 180 valence electrons. The van der Waals surface area contributed by atoms with Crippen LogP contribution in [0.5, 0.6) is 0 Å². The summed E-state index contributed by atoms with van der Waals surface area (Å²) in [6.45, 7) is 2.79. The van der Waals surface area contributed by atoms with Crippen molar-refractivity contribution in [1.29, 1.82) is 0 Å². The average Bonchev–Trinajstić information content (AvgIpc) is 3.38. The lowest BCUT2D eigenvalue weighted by Crippen LogP contribution is -2.24. The molecule has 0 spiro atoms. The van der Waals surface area contributed by atoms with Crippen molar-refractivity contribution in [2.45, 2.75) is 25.2 Å². The van der Waals surface area contributed by atoms with Gasteiger partial charge in [0.15, 0.2) is 5.69 Å². The molecule has 1 N–H and O–H groups in total. The zero-order valence-electron chi connectivity index (χ0n) is 19.5. The highest BCUT2D eigenvalue weighted by molar-refractivity contribution is 7.99. The van der Waals surface area contributed by atoms with E-state index in [9.17, 15) is 9.59 Å². The van der Waals surface area contributed by atoms with Gasteiger partial charge >= 0.3 is 0 Å². The molecular weight excluding hydrogens is 474 g/mol. The van der Waals surface area contributed by atoms with E-state index in [0.29, 0.717) is 29.6 Å². The predicted molar refractivity (Wildman–Crippen MR) is 139 cm³/mol. The minimum Gasteiger partial charge on any atom is -0.409 e. The van der Waals surface area contributed by atoms with Crippen LogP contribution in [0.3, 0.4) is 0 Å². The van der Waals surface area contributed by atoms with E-state index < -0.39 is 0 Å².